The number of halogens is 1. The van der Waals surface area contributed by atoms with E-state index in [9.17, 15) is 14.7 Å². The van der Waals surface area contributed by atoms with Gasteiger partial charge in [0, 0.05) is 12.3 Å². The van der Waals surface area contributed by atoms with Gasteiger partial charge in [-0.05, 0) is 36.8 Å². The van der Waals surface area contributed by atoms with Crippen molar-refractivity contribution in [3.63, 3.8) is 0 Å². The highest BCUT2D eigenvalue weighted by Crippen LogP contribution is 2.24. The molecule has 1 heterocycles. The van der Waals surface area contributed by atoms with E-state index >= 15 is 0 Å². The van der Waals surface area contributed by atoms with E-state index in [1.807, 2.05) is 19.1 Å². The second-order valence-corrected chi connectivity index (χ2v) is 6.87. The van der Waals surface area contributed by atoms with E-state index in [0.717, 1.165) is 11.1 Å². The van der Waals surface area contributed by atoms with E-state index in [4.69, 9.17) is 25.8 Å². The van der Waals surface area contributed by atoms with Crippen molar-refractivity contribution in [3.8, 4) is 0 Å². The van der Waals surface area contributed by atoms with Gasteiger partial charge in [0.1, 0.15) is 18.8 Å². The number of rotatable bonds is 6. The molecule has 148 valence electrons. The molecule has 7 heteroatoms. The molecule has 1 saturated heterocycles. The van der Waals surface area contributed by atoms with Crippen molar-refractivity contribution in [1.29, 1.82) is 0 Å². The number of aliphatic hydroxyl groups excluding tert-OH is 1. The van der Waals surface area contributed by atoms with Crippen molar-refractivity contribution >= 4 is 23.5 Å². The Kier molecular flexibility index (Phi) is 6.67. The van der Waals surface area contributed by atoms with Crippen LogP contribution in [0.2, 0.25) is 0 Å². The molecule has 1 fully saturated rings. The average Bonchev–Trinajstić information content (AvgIpc) is 3.05. The van der Waals surface area contributed by atoms with Gasteiger partial charge in [-0.1, -0.05) is 29.8 Å². The molecule has 2 aromatic carbocycles. The van der Waals surface area contributed by atoms with Gasteiger partial charge in [-0.15, -0.1) is 11.6 Å². The summed E-state index contributed by atoms with van der Waals surface area (Å²) in [4.78, 5) is 24.5. The number of aliphatic hydroxyl groups is 1. The molecular formula is C21H21ClO6. The number of hydrogen-bond donors (Lipinski definition) is 1. The van der Waals surface area contributed by atoms with Crippen LogP contribution in [0.1, 0.15) is 38.3 Å². The first kappa shape index (κ1) is 20.3. The van der Waals surface area contributed by atoms with Crippen LogP contribution in [0.15, 0.2) is 48.5 Å². The monoisotopic (exact) mass is 404 g/mol. The maximum Gasteiger partial charge on any atom is 0.338 e. The van der Waals surface area contributed by atoms with Crippen molar-refractivity contribution in [2.45, 2.75) is 37.7 Å². The van der Waals surface area contributed by atoms with Gasteiger partial charge >= 0.3 is 11.9 Å². The molecule has 0 amide bonds. The van der Waals surface area contributed by atoms with Crippen LogP contribution in [0.4, 0.5) is 0 Å². The molecule has 0 saturated carbocycles. The van der Waals surface area contributed by atoms with Gasteiger partial charge in [0.25, 0.3) is 0 Å². The topological polar surface area (TPSA) is 82.1 Å². The first-order chi connectivity index (χ1) is 13.5. The Morgan fingerprint density at radius 3 is 2.32 bits per heavy atom. The number of carbonyl (C=O) groups is 2. The molecule has 0 unspecified atom stereocenters. The summed E-state index contributed by atoms with van der Waals surface area (Å²) in [6.07, 6.45) is -2.42. The lowest BCUT2D eigenvalue weighted by Crippen LogP contribution is -2.32. The normalized spacial score (nSPS) is 21.3. The summed E-state index contributed by atoms with van der Waals surface area (Å²) < 4.78 is 16.1. The minimum Gasteiger partial charge on any atom is -0.459 e. The van der Waals surface area contributed by atoms with Gasteiger partial charge in [-0.3, -0.25) is 0 Å². The Bertz CT molecular complexity index is 818. The number of aryl methyl sites for hydroxylation is 1. The molecule has 0 aliphatic carbocycles. The first-order valence-electron chi connectivity index (χ1n) is 8.89. The zero-order valence-electron chi connectivity index (χ0n) is 15.3. The third-order valence-corrected chi connectivity index (χ3v) is 4.76. The van der Waals surface area contributed by atoms with Gasteiger partial charge in [-0.2, -0.15) is 0 Å². The molecule has 0 bridgehead atoms. The van der Waals surface area contributed by atoms with Crippen LogP contribution < -0.4 is 0 Å². The fraction of sp³-hybridized carbons (Fsp3) is 0.333. The van der Waals surface area contributed by atoms with Gasteiger partial charge in [0.2, 0.25) is 0 Å². The maximum absolute atomic E-state index is 12.3. The van der Waals surface area contributed by atoms with Crippen LogP contribution in [0.25, 0.3) is 0 Å². The van der Waals surface area contributed by atoms with Crippen molar-refractivity contribution in [1.82, 2.24) is 0 Å². The second-order valence-electron chi connectivity index (χ2n) is 6.60. The number of esters is 2. The van der Waals surface area contributed by atoms with E-state index in [1.54, 1.807) is 36.4 Å². The van der Waals surface area contributed by atoms with Crippen molar-refractivity contribution in [2.24, 2.45) is 0 Å². The van der Waals surface area contributed by atoms with E-state index in [2.05, 4.69) is 0 Å². The molecule has 0 spiro atoms. The maximum atomic E-state index is 12.3. The lowest BCUT2D eigenvalue weighted by molar-refractivity contribution is -0.110. The highest BCUT2D eigenvalue weighted by Gasteiger charge is 2.38. The molecule has 0 aromatic heterocycles. The Morgan fingerprint density at radius 1 is 1.07 bits per heavy atom. The van der Waals surface area contributed by atoms with Crippen molar-refractivity contribution in [3.05, 3.63) is 70.8 Å². The minimum atomic E-state index is -1.08. The van der Waals surface area contributed by atoms with Gasteiger partial charge in [-0.25, -0.2) is 9.59 Å². The van der Waals surface area contributed by atoms with E-state index < -0.39 is 30.4 Å². The number of ether oxygens (including phenoxy) is 3. The molecule has 0 radical (unpaired) electrons. The van der Waals surface area contributed by atoms with E-state index in [-0.39, 0.29) is 13.0 Å². The van der Waals surface area contributed by atoms with E-state index in [0.29, 0.717) is 17.0 Å². The number of hydrogen-bond acceptors (Lipinski definition) is 6. The minimum absolute atomic E-state index is 0.115. The molecule has 2 aromatic rings. The zero-order valence-corrected chi connectivity index (χ0v) is 16.1. The van der Waals surface area contributed by atoms with Gasteiger partial charge in [0.15, 0.2) is 6.29 Å². The van der Waals surface area contributed by atoms with Crippen LogP contribution in [0.3, 0.4) is 0 Å². The van der Waals surface area contributed by atoms with Gasteiger partial charge < -0.3 is 19.3 Å². The summed E-state index contributed by atoms with van der Waals surface area (Å²) in [6.45, 7) is 1.78. The van der Waals surface area contributed by atoms with Gasteiger partial charge in [0.05, 0.1) is 11.1 Å². The Balaban J connectivity index is 1.57. The highest BCUT2D eigenvalue weighted by atomic mass is 35.5. The number of carbonyl (C=O) groups excluding carboxylic acids is 2. The Labute approximate surface area is 168 Å². The largest absolute Gasteiger partial charge is 0.459 e. The Morgan fingerprint density at radius 2 is 1.68 bits per heavy atom. The van der Waals surface area contributed by atoms with Crippen LogP contribution in [0, 0.1) is 6.92 Å². The molecule has 28 heavy (non-hydrogen) atoms. The second kappa shape index (κ2) is 9.19. The van der Waals surface area contributed by atoms with Crippen molar-refractivity contribution < 1.29 is 28.9 Å². The molecule has 1 N–H and O–H groups in total. The summed E-state index contributed by atoms with van der Waals surface area (Å²) in [7, 11) is 0. The zero-order chi connectivity index (χ0) is 20.1. The predicted octanol–water partition coefficient (Wildman–Crippen LogP) is 3.22. The molecule has 3 atom stereocenters. The first-order valence-corrected chi connectivity index (χ1v) is 9.43. The van der Waals surface area contributed by atoms with Crippen molar-refractivity contribution in [2.75, 3.05) is 6.61 Å². The van der Waals surface area contributed by atoms with Crippen LogP contribution in [-0.4, -0.2) is 42.1 Å². The number of benzene rings is 2. The third-order valence-electron chi connectivity index (χ3n) is 4.45. The molecule has 3 rings (SSSR count). The summed E-state index contributed by atoms with van der Waals surface area (Å²) in [5, 5.41) is 9.76. The molecule has 1 aliphatic rings. The highest BCUT2D eigenvalue weighted by molar-refractivity contribution is 6.17. The lowest BCUT2D eigenvalue weighted by Gasteiger charge is -2.18. The van der Waals surface area contributed by atoms with E-state index in [1.165, 1.54) is 0 Å². The SMILES string of the molecule is Cc1ccc(C(=O)O[C@H]2C[C@@H](O)O[C@@H]2COC(=O)c2ccc(CCl)cc2)cc1. The van der Waals surface area contributed by atoms with Crippen LogP contribution in [0.5, 0.6) is 0 Å². The fourth-order valence-electron chi connectivity index (χ4n) is 2.83. The fourth-order valence-corrected chi connectivity index (χ4v) is 3.01. The molecule has 1 aliphatic heterocycles. The smallest absolute Gasteiger partial charge is 0.338 e. The standard InChI is InChI=1S/C21H21ClO6/c1-13-2-6-16(7-3-13)21(25)28-17-10-19(23)27-18(17)12-26-20(24)15-8-4-14(11-22)5-9-15/h2-9,17-19,23H,10-12H2,1H3/t17-,18+,19-/m0/s1. The summed E-state index contributed by atoms with van der Waals surface area (Å²) >= 11 is 5.73. The van der Waals surface area contributed by atoms with Crippen LogP contribution >= 0.6 is 11.6 Å². The lowest BCUT2D eigenvalue weighted by atomic mass is 10.1. The quantitative estimate of drug-likeness (QED) is 0.588. The predicted molar refractivity (Wildman–Crippen MR) is 102 cm³/mol. The summed E-state index contributed by atoms with van der Waals surface area (Å²) in [5.74, 6) is -0.692. The summed E-state index contributed by atoms with van der Waals surface area (Å²) in [5.41, 5.74) is 2.70. The number of alkyl halides is 1. The Hall–Kier alpha value is -2.41. The third kappa shape index (κ3) is 5.10. The molecule has 6 nitrogen and oxygen atoms in total. The summed E-state index contributed by atoms with van der Waals surface area (Å²) in [6, 6.07) is 13.7. The molecular weight excluding hydrogens is 384 g/mol. The average molecular weight is 405 g/mol. The van der Waals surface area contributed by atoms with Crippen LogP contribution in [-0.2, 0) is 20.1 Å².